The Bertz CT molecular complexity index is 778. The molecular formula is C13H9BrClN3O2S. The molecule has 0 bridgehead atoms. The Morgan fingerprint density at radius 1 is 1.52 bits per heavy atom. The van der Waals surface area contributed by atoms with Crippen molar-refractivity contribution in [1.29, 1.82) is 5.26 Å². The molecule has 21 heavy (non-hydrogen) atoms. The number of aromatic nitrogens is 2. The molecule has 0 unspecified atom stereocenters. The zero-order valence-electron chi connectivity index (χ0n) is 11.0. The van der Waals surface area contributed by atoms with Crippen molar-refractivity contribution in [2.24, 2.45) is 0 Å². The summed E-state index contributed by atoms with van der Waals surface area (Å²) < 4.78 is 5.77. The van der Waals surface area contributed by atoms with Gasteiger partial charge in [-0.25, -0.2) is 4.98 Å². The maximum absolute atomic E-state index is 11.9. The van der Waals surface area contributed by atoms with Crippen LogP contribution in [-0.2, 0) is 0 Å². The first kappa shape index (κ1) is 15.9. The molecule has 1 aromatic carbocycles. The Balaban J connectivity index is 2.75. The molecule has 1 heterocycles. The van der Waals surface area contributed by atoms with E-state index in [0.29, 0.717) is 26.0 Å². The van der Waals surface area contributed by atoms with Crippen LogP contribution in [-0.4, -0.2) is 23.3 Å². The number of nitrogens with zero attached hydrogens (tertiary/aromatic N) is 2. The summed E-state index contributed by atoms with van der Waals surface area (Å²) in [5.41, 5.74) is 0.317. The number of rotatable bonds is 3. The van der Waals surface area contributed by atoms with Gasteiger partial charge in [0.2, 0.25) is 0 Å². The van der Waals surface area contributed by atoms with Crippen LogP contribution in [0.15, 0.2) is 26.6 Å². The van der Waals surface area contributed by atoms with E-state index in [1.807, 2.05) is 6.07 Å². The number of thioether (sulfide) groups is 1. The maximum atomic E-state index is 11.9. The molecule has 0 saturated heterocycles. The molecule has 0 aliphatic rings. The maximum Gasteiger partial charge on any atom is 0.270 e. The zero-order valence-corrected chi connectivity index (χ0v) is 14.2. The van der Waals surface area contributed by atoms with Crippen LogP contribution in [0.25, 0.3) is 11.3 Å². The summed E-state index contributed by atoms with van der Waals surface area (Å²) in [5, 5.41) is 9.96. The Hall–Kier alpha value is -1.49. The van der Waals surface area contributed by atoms with Gasteiger partial charge in [-0.05, 0) is 34.3 Å². The SMILES string of the molecule is COc1c(Cl)cc(-c2nc(SC)[nH]c(=O)c2C#N)cc1Br. The largest absolute Gasteiger partial charge is 0.494 e. The molecule has 1 aromatic heterocycles. The second-order valence-corrected chi connectivity index (χ2v) is 5.94. The van der Waals surface area contributed by atoms with Crippen LogP contribution < -0.4 is 10.3 Å². The van der Waals surface area contributed by atoms with Crippen molar-refractivity contribution in [3.8, 4) is 23.1 Å². The van der Waals surface area contributed by atoms with Crippen molar-refractivity contribution in [3.63, 3.8) is 0 Å². The third-order valence-electron chi connectivity index (χ3n) is 2.68. The van der Waals surface area contributed by atoms with Crippen LogP contribution in [0.1, 0.15) is 5.56 Å². The van der Waals surface area contributed by atoms with Gasteiger partial charge in [0.05, 0.1) is 22.3 Å². The lowest BCUT2D eigenvalue weighted by atomic mass is 10.1. The summed E-state index contributed by atoms with van der Waals surface area (Å²) in [6, 6.07) is 5.19. The minimum absolute atomic E-state index is 0.0547. The molecule has 1 N–H and O–H groups in total. The Kier molecular flexibility index (Phi) is 4.93. The highest BCUT2D eigenvalue weighted by Gasteiger charge is 2.16. The molecule has 2 rings (SSSR count). The molecule has 2 aromatic rings. The van der Waals surface area contributed by atoms with E-state index < -0.39 is 5.56 Å². The van der Waals surface area contributed by atoms with Gasteiger partial charge in [-0.2, -0.15) is 5.26 Å². The number of hydrogen-bond donors (Lipinski definition) is 1. The third-order valence-corrected chi connectivity index (χ3v) is 4.13. The summed E-state index contributed by atoms with van der Waals surface area (Å²) in [6.45, 7) is 0. The van der Waals surface area contributed by atoms with Crippen LogP contribution in [0.3, 0.4) is 0 Å². The lowest BCUT2D eigenvalue weighted by molar-refractivity contribution is 0.412. The van der Waals surface area contributed by atoms with E-state index in [-0.39, 0.29) is 11.3 Å². The van der Waals surface area contributed by atoms with Gasteiger partial charge in [-0.1, -0.05) is 23.4 Å². The molecule has 5 nitrogen and oxygen atoms in total. The minimum Gasteiger partial charge on any atom is -0.494 e. The smallest absolute Gasteiger partial charge is 0.270 e. The highest BCUT2D eigenvalue weighted by molar-refractivity contribution is 9.10. The normalized spacial score (nSPS) is 10.2. The first-order chi connectivity index (χ1) is 10.0. The van der Waals surface area contributed by atoms with Crippen molar-refractivity contribution in [2.45, 2.75) is 5.16 Å². The third kappa shape index (κ3) is 3.07. The van der Waals surface area contributed by atoms with Crippen LogP contribution >= 0.6 is 39.3 Å². The van der Waals surface area contributed by atoms with E-state index in [4.69, 9.17) is 16.3 Å². The van der Waals surface area contributed by atoms with Gasteiger partial charge in [-0.3, -0.25) is 4.79 Å². The average molecular weight is 387 g/mol. The molecule has 0 saturated carbocycles. The van der Waals surface area contributed by atoms with E-state index in [2.05, 4.69) is 25.9 Å². The van der Waals surface area contributed by atoms with Crippen molar-refractivity contribution < 1.29 is 4.74 Å². The summed E-state index contributed by atoms with van der Waals surface area (Å²) in [5.74, 6) is 0.480. The fourth-order valence-electron chi connectivity index (χ4n) is 1.75. The van der Waals surface area contributed by atoms with Crippen LogP contribution in [0, 0.1) is 11.3 Å². The van der Waals surface area contributed by atoms with Crippen LogP contribution in [0.2, 0.25) is 5.02 Å². The first-order valence-corrected chi connectivity index (χ1v) is 8.03. The topological polar surface area (TPSA) is 78.8 Å². The quantitative estimate of drug-likeness (QED) is 0.645. The lowest BCUT2D eigenvalue weighted by Gasteiger charge is -2.10. The minimum atomic E-state index is -0.477. The first-order valence-electron chi connectivity index (χ1n) is 5.63. The second kappa shape index (κ2) is 6.52. The van der Waals surface area contributed by atoms with Crippen LogP contribution in [0.5, 0.6) is 5.75 Å². The van der Waals surface area contributed by atoms with Crippen LogP contribution in [0.4, 0.5) is 0 Å². The number of aromatic amines is 1. The zero-order chi connectivity index (χ0) is 15.6. The standard InChI is InChI=1S/C13H9BrClN3O2S/c1-20-11-8(14)3-6(4-9(11)15)10-7(5-16)12(19)18-13(17-10)21-2/h3-4H,1-2H3,(H,17,18,19). The number of hydrogen-bond acceptors (Lipinski definition) is 5. The van der Waals surface area contributed by atoms with Crippen molar-refractivity contribution in [1.82, 2.24) is 9.97 Å². The summed E-state index contributed by atoms with van der Waals surface area (Å²) in [7, 11) is 1.50. The number of ether oxygens (including phenoxy) is 1. The Morgan fingerprint density at radius 2 is 2.24 bits per heavy atom. The predicted octanol–water partition coefficient (Wildman–Crippen LogP) is 3.45. The monoisotopic (exact) mass is 385 g/mol. The van der Waals surface area contributed by atoms with Crippen molar-refractivity contribution >= 4 is 39.3 Å². The van der Waals surface area contributed by atoms with Gasteiger partial charge in [0.15, 0.2) is 10.9 Å². The average Bonchev–Trinajstić information content (AvgIpc) is 2.45. The molecular weight excluding hydrogens is 378 g/mol. The fourth-order valence-corrected chi connectivity index (χ4v) is 3.16. The van der Waals surface area contributed by atoms with E-state index in [9.17, 15) is 10.1 Å². The van der Waals surface area contributed by atoms with Gasteiger partial charge in [0.25, 0.3) is 5.56 Å². The molecule has 0 fully saturated rings. The number of halogens is 2. The summed E-state index contributed by atoms with van der Waals surface area (Å²) >= 11 is 10.8. The van der Waals surface area contributed by atoms with Gasteiger partial charge in [-0.15, -0.1) is 0 Å². The van der Waals surface area contributed by atoms with Gasteiger partial charge < -0.3 is 9.72 Å². The Morgan fingerprint density at radius 3 is 2.76 bits per heavy atom. The highest BCUT2D eigenvalue weighted by atomic mass is 79.9. The molecule has 0 spiro atoms. The van der Waals surface area contributed by atoms with Gasteiger partial charge in [0.1, 0.15) is 11.6 Å². The van der Waals surface area contributed by atoms with Gasteiger partial charge in [0, 0.05) is 5.56 Å². The van der Waals surface area contributed by atoms with Gasteiger partial charge >= 0.3 is 0 Å². The van der Waals surface area contributed by atoms with E-state index in [1.165, 1.54) is 18.9 Å². The molecule has 0 aliphatic carbocycles. The molecule has 108 valence electrons. The number of methoxy groups -OCH3 is 1. The van der Waals surface area contributed by atoms with E-state index >= 15 is 0 Å². The van der Waals surface area contributed by atoms with Crippen molar-refractivity contribution in [2.75, 3.05) is 13.4 Å². The number of benzene rings is 1. The molecule has 0 atom stereocenters. The summed E-state index contributed by atoms with van der Waals surface area (Å²) in [4.78, 5) is 18.8. The molecule has 0 aliphatic heterocycles. The van der Waals surface area contributed by atoms with Crippen molar-refractivity contribution in [3.05, 3.63) is 37.5 Å². The highest BCUT2D eigenvalue weighted by Crippen LogP contribution is 2.37. The molecule has 0 amide bonds. The Labute approximate surface area is 138 Å². The molecule has 8 heteroatoms. The number of H-pyrrole nitrogens is 1. The summed E-state index contributed by atoms with van der Waals surface area (Å²) in [6.07, 6.45) is 1.78. The fraction of sp³-hybridized carbons (Fsp3) is 0.154. The second-order valence-electron chi connectivity index (χ2n) is 3.88. The number of nitriles is 1. The predicted molar refractivity (Wildman–Crippen MR) is 86.1 cm³/mol. The van der Waals surface area contributed by atoms with E-state index in [0.717, 1.165) is 0 Å². The van der Waals surface area contributed by atoms with E-state index in [1.54, 1.807) is 18.4 Å². The number of nitrogens with one attached hydrogen (secondary N) is 1. The lowest BCUT2D eigenvalue weighted by Crippen LogP contribution is -2.14. The molecule has 0 radical (unpaired) electrons.